The van der Waals surface area contributed by atoms with Gasteiger partial charge in [0.05, 0.1) is 10.9 Å². The molecular formula is C20H18N3O5S-. The molecule has 29 heavy (non-hydrogen) atoms. The van der Waals surface area contributed by atoms with Crippen molar-refractivity contribution in [2.75, 3.05) is 18.0 Å². The van der Waals surface area contributed by atoms with Gasteiger partial charge >= 0.3 is 0 Å². The van der Waals surface area contributed by atoms with Gasteiger partial charge in [0.1, 0.15) is 5.52 Å². The van der Waals surface area contributed by atoms with Crippen LogP contribution in [0.5, 0.6) is 0 Å². The molecule has 9 heteroatoms. The van der Waals surface area contributed by atoms with E-state index in [-0.39, 0.29) is 15.8 Å². The second-order valence-corrected chi connectivity index (χ2v) is 7.01. The molecule has 0 bridgehead atoms. The van der Waals surface area contributed by atoms with Crippen molar-refractivity contribution >= 4 is 46.3 Å². The number of benzene rings is 2. The monoisotopic (exact) mass is 412 g/mol. The van der Waals surface area contributed by atoms with Crippen molar-refractivity contribution in [3.05, 3.63) is 63.0 Å². The number of aliphatic carboxylic acids is 1. The van der Waals surface area contributed by atoms with Gasteiger partial charge in [0.15, 0.2) is 5.58 Å². The number of para-hydroxylation sites is 2. The van der Waals surface area contributed by atoms with Crippen LogP contribution in [0.3, 0.4) is 0 Å². The number of hydrogen-bond acceptors (Lipinski definition) is 8. The highest BCUT2D eigenvalue weighted by atomic mass is 32.2. The van der Waals surface area contributed by atoms with Crippen LogP contribution in [0.15, 0.2) is 57.0 Å². The average molecular weight is 412 g/mol. The fourth-order valence-corrected chi connectivity index (χ4v) is 3.62. The molecule has 0 unspecified atom stereocenters. The molecule has 0 radical (unpaired) electrons. The lowest BCUT2D eigenvalue weighted by Gasteiger charge is -2.23. The highest BCUT2D eigenvalue weighted by Gasteiger charge is 2.16. The molecule has 0 spiro atoms. The zero-order chi connectivity index (χ0) is 21.0. The number of nitrogens with zero attached hydrogens (tertiary/aromatic N) is 3. The van der Waals surface area contributed by atoms with Gasteiger partial charge in [0, 0.05) is 41.4 Å². The van der Waals surface area contributed by atoms with Crippen LogP contribution in [0, 0.1) is 10.1 Å². The molecule has 150 valence electrons. The largest absolute Gasteiger partial charge is 0.544 e. The summed E-state index contributed by atoms with van der Waals surface area (Å²) < 4.78 is 5.57. The van der Waals surface area contributed by atoms with Crippen LogP contribution in [0.25, 0.3) is 17.2 Å². The number of rotatable bonds is 8. The lowest BCUT2D eigenvalue weighted by atomic mass is 10.1. The Labute approximate surface area is 171 Å². The normalized spacial score (nSPS) is 11.6. The number of carboxylic acid groups (broad SMARTS) is 1. The summed E-state index contributed by atoms with van der Waals surface area (Å²) in [5.41, 5.74) is 2.11. The van der Waals surface area contributed by atoms with E-state index in [1.165, 1.54) is 18.2 Å². The molecule has 8 nitrogen and oxygen atoms in total. The molecule has 1 heterocycles. The zero-order valence-corrected chi connectivity index (χ0v) is 16.6. The van der Waals surface area contributed by atoms with E-state index >= 15 is 0 Å². The summed E-state index contributed by atoms with van der Waals surface area (Å²) in [7, 11) is 0. The molecule has 0 fully saturated rings. The van der Waals surface area contributed by atoms with Crippen LogP contribution in [-0.4, -0.2) is 29.0 Å². The maximum absolute atomic E-state index is 11.7. The van der Waals surface area contributed by atoms with E-state index < -0.39 is 10.9 Å². The van der Waals surface area contributed by atoms with Crippen LogP contribution in [0.2, 0.25) is 0 Å². The standard InChI is InChI=1S/C20H19N3O5S/c1-3-22(4-2)16-10-9-14(23(26)27)11-13(16)12-18(19(24)25)29-20-21-15-7-5-6-8-17(15)28-20/h5-12H,3-4H2,1-2H3,(H,24,25)/p-1/b18-12+. The molecule has 0 atom stereocenters. The van der Waals surface area contributed by atoms with Crippen molar-refractivity contribution < 1.29 is 19.2 Å². The Bertz CT molecular complexity index is 1060. The molecule has 0 aliphatic heterocycles. The summed E-state index contributed by atoms with van der Waals surface area (Å²) in [6.07, 6.45) is 1.36. The van der Waals surface area contributed by atoms with Crippen molar-refractivity contribution in [1.82, 2.24) is 4.98 Å². The topological polar surface area (TPSA) is 113 Å². The lowest BCUT2D eigenvalue weighted by molar-refractivity contribution is -0.384. The summed E-state index contributed by atoms with van der Waals surface area (Å²) in [5.74, 6) is -1.42. The van der Waals surface area contributed by atoms with Gasteiger partial charge in [-0.15, -0.1) is 0 Å². The lowest BCUT2D eigenvalue weighted by Crippen LogP contribution is -2.24. The van der Waals surface area contributed by atoms with E-state index in [2.05, 4.69) is 4.98 Å². The van der Waals surface area contributed by atoms with Crippen molar-refractivity contribution in [2.45, 2.75) is 19.1 Å². The Hall–Kier alpha value is -3.33. The summed E-state index contributed by atoms with van der Waals surface area (Å²) in [4.78, 5) is 28.5. The predicted molar refractivity (Wildman–Crippen MR) is 110 cm³/mol. The molecule has 3 rings (SSSR count). The molecular weight excluding hydrogens is 394 g/mol. The highest BCUT2D eigenvalue weighted by molar-refractivity contribution is 8.03. The number of thioether (sulfide) groups is 1. The minimum atomic E-state index is -1.42. The SMILES string of the molecule is CCN(CC)c1ccc([N+](=O)[O-])cc1/C=C(/Sc1nc2ccccc2o1)C(=O)[O-]. The van der Waals surface area contributed by atoms with Crippen LogP contribution in [0.1, 0.15) is 19.4 Å². The summed E-state index contributed by atoms with van der Waals surface area (Å²) in [5, 5.41) is 23.1. The fourth-order valence-electron chi connectivity index (χ4n) is 2.88. The molecule has 0 aliphatic rings. The Balaban J connectivity index is 2.05. The molecule has 2 aromatic carbocycles. The molecule has 0 aliphatic carbocycles. The van der Waals surface area contributed by atoms with Crippen LogP contribution in [-0.2, 0) is 4.79 Å². The molecule has 0 saturated heterocycles. The van der Waals surface area contributed by atoms with Gasteiger partial charge in [-0.05, 0) is 49.9 Å². The van der Waals surface area contributed by atoms with E-state index in [4.69, 9.17) is 4.42 Å². The number of carbonyl (C=O) groups is 1. The highest BCUT2D eigenvalue weighted by Crippen LogP contribution is 2.33. The van der Waals surface area contributed by atoms with Crippen LogP contribution < -0.4 is 10.0 Å². The maximum Gasteiger partial charge on any atom is 0.270 e. The number of hydrogen-bond donors (Lipinski definition) is 0. The van der Waals surface area contributed by atoms with E-state index in [0.29, 0.717) is 35.4 Å². The van der Waals surface area contributed by atoms with Gasteiger partial charge in [0.25, 0.3) is 10.9 Å². The van der Waals surface area contributed by atoms with Gasteiger partial charge in [0.2, 0.25) is 0 Å². The Morgan fingerprint density at radius 3 is 2.59 bits per heavy atom. The van der Waals surface area contributed by atoms with Gasteiger partial charge in [-0.25, -0.2) is 4.98 Å². The van der Waals surface area contributed by atoms with Gasteiger partial charge in [-0.3, -0.25) is 10.1 Å². The zero-order valence-electron chi connectivity index (χ0n) is 15.8. The smallest absolute Gasteiger partial charge is 0.270 e. The number of aromatic nitrogens is 1. The second-order valence-electron chi connectivity index (χ2n) is 6.02. The molecule has 0 saturated carbocycles. The van der Waals surface area contributed by atoms with E-state index in [1.807, 2.05) is 18.7 Å². The van der Waals surface area contributed by atoms with Crippen molar-refractivity contribution in [1.29, 1.82) is 0 Å². The average Bonchev–Trinajstić information content (AvgIpc) is 3.11. The third-order valence-corrected chi connectivity index (χ3v) is 5.14. The second kappa shape index (κ2) is 8.78. The summed E-state index contributed by atoms with van der Waals surface area (Å²) in [6.45, 7) is 5.22. The first kappa shape index (κ1) is 20.4. The molecule has 1 aromatic heterocycles. The number of anilines is 1. The Morgan fingerprint density at radius 1 is 1.24 bits per heavy atom. The van der Waals surface area contributed by atoms with Gasteiger partial charge < -0.3 is 19.2 Å². The number of carboxylic acids is 1. The molecule has 0 amide bonds. The first-order valence-corrected chi connectivity index (χ1v) is 9.74. The van der Waals surface area contributed by atoms with E-state index in [1.54, 1.807) is 30.3 Å². The third-order valence-electron chi connectivity index (χ3n) is 4.29. The summed E-state index contributed by atoms with van der Waals surface area (Å²) in [6, 6.07) is 11.4. The number of oxazole rings is 1. The number of carbonyl (C=O) groups excluding carboxylic acids is 1. The van der Waals surface area contributed by atoms with Gasteiger partial charge in [-0.2, -0.15) is 0 Å². The minimum Gasteiger partial charge on any atom is -0.544 e. The Morgan fingerprint density at radius 2 is 1.97 bits per heavy atom. The van der Waals surface area contributed by atoms with Crippen LogP contribution in [0.4, 0.5) is 11.4 Å². The number of fused-ring (bicyclic) bond motifs is 1. The molecule has 0 N–H and O–H groups in total. The number of nitro benzene ring substituents is 1. The van der Waals surface area contributed by atoms with Crippen molar-refractivity contribution in [3.63, 3.8) is 0 Å². The fraction of sp³-hybridized carbons (Fsp3) is 0.200. The Kier molecular flexibility index (Phi) is 6.18. The minimum absolute atomic E-state index is 0.128. The van der Waals surface area contributed by atoms with E-state index in [9.17, 15) is 20.0 Å². The first-order valence-electron chi connectivity index (χ1n) is 8.92. The predicted octanol–water partition coefficient (Wildman–Crippen LogP) is 3.47. The molecule has 3 aromatic rings. The van der Waals surface area contributed by atoms with Gasteiger partial charge in [-0.1, -0.05) is 12.1 Å². The van der Waals surface area contributed by atoms with E-state index in [0.717, 1.165) is 11.8 Å². The van der Waals surface area contributed by atoms with Crippen molar-refractivity contribution in [2.24, 2.45) is 0 Å². The summed E-state index contributed by atoms with van der Waals surface area (Å²) >= 11 is 0.800. The van der Waals surface area contributed by atoms with Crippen molar-refractivity contribution in [3.8, 4) is 0 Å². The van der Waals surface area contributed by atoms with Crippen LogP contribution >= 0.6 is 11.8 Å². The number of nitro groups is 1. The number of non-ortho nitro benzene ring substituents is 1. The first-order chi connectivity index (χ1) is 13.9. The third kappa shape index (κ3) is 4.57. The quantitative estimate of drug-likeness (QED) is 0.239. The maximum atomic E-state index is 11.7.